The maximum absolute atomic E-state index is 13.6. The van der Waals surface area contributed by atoms with Crippen molar-refractivity contribution in [2.45, 2.75) is 19.8 Å². The van der Waals surface area contributed by atoms with E-state index in [1.165, 1.54) is 4.90 Å². The Bertz CT molecular complexity index is 1450. The molecule has 3 heterocycles. The van der Waals surface area contributed by atoms with Gasteiger partial charge in [-0.1, -0.05) is 12.1 Å². The summed E-state index contributed by atoms with van der Waals surface area (Å²) in [5.74, 6) is -0.691. The number of aryl methyl sites for hydroxylation is 1. The number of nitrogens with zero attached hydrogens (tertiary/aromatic N) is 2. The standard InChI is InChI=1S/C24H20N4O3/c1-13-11-17-18(26-24(31)25-17)12-20(13)28-22(29)15-6-4-5-14-19(27-9-2-3-10-27)8-7-16(21(14)15)23(28)30/h4-8,11-12H,2-3,9-10H2,1H3,(H2,25,26,31). The number of hydrogen-bond donors (Lipinski definition) is 2. The molecule has 4 aromatic rings. The van der Waals surface area contributed by atoms with E-state index < -0.39 is 0 Å². The van der Waals surface area contributed by atoms with E-state index in [9.17, 15) is 14.4 Å². The minimum atomic E-state index is -0.345. The number of anilines is 2. The Morgan fingerprint density at radius 3 is 2.23 bits per heavy atom. The summed E-state index contributed by atoms with van der Waals surface area (Å²) >= 11 is 0. The summed E-state index contributed by atoms with van der Waals surface area (Å²) in [6.45, 7) is 3.80. The van der Waals surface area contributed by atoms with Crippen LogP contribution in [-0.4, -0.2) is 34.9 Å². The van der Waals surface area contributed by atoms with Crippen LogP contribution < -0.4 is 15.5 Å². The highest BCUT2D eigenvalue weighted by Crippen LogP contribution is 2.39. The third-order valence-electron chi connectivity index (χ3n) is 6.40. The van der Waals surface area contributed by atoms with E-state index in [1.54, 1.807) is 18.2 Å². The van der Waals surface area contributed by atoms with Gasteiger partial charge >= 0.3 is 5.69 Å². The number of aromatic nitrogens is 2. The summed E-state index contributed by atoms with van der Waals surface area (Å²) in [5.41, 5.74) is 4.20. The lowest BCUT2D eigenvalue weighted by atomic mass is 9.92. The second-order valence-electron chi connectivity index (χ2n) is 8.26. The van der Waals surface area contributed by atoms with E-state index in [0.717, 1.165) is 48.0 Å². The fourth-order valence-corrected chi connectivity index (χ4v) is 4.95. The van der Waals surface area contributed by atoms with E-state index >= 15 is 0 Å². The smallest absolute Gasteiger partial charge is 0.323 e. The highest BCUT2D eigenvalue weighted by atomic mass is 16.2. The number of imide groups is 1. The highest BCUT2D eigenvalue weighted by Gasteiger charge is 2.35. The number of hydrogen-bond acceptors (Lipinski definition) is 4. The number of nitrogens with one attached hydrogen (secondary N) is 2. The lowest BCUT2D eigenvalue weighted by Gasteiger charge is -2.30. The molecule has 1 aromatic heterocycles. The molecule has 154 valence electrons. The van der Waals surface area contributed by atoms with Crippen LogP contribution in [0.4, 0.5) is 11.4 Å². The van der Waals surface area contributed by atoms with Crippen LogP contribution in [0.25, 0.3) is 21.8 Å². The predicted octanol–water partition coefficient (Wildman–Crippen LogP) is 3.72. The monoisotopic (exact) mass is 412 g/mol. The van der Waals surface area contributed by atoms with Gasteiger partial charge in [-0.15, -0.1) is 0 Å². The van der Waals surface area contributed by atoms with Gasteiger partial charge in [0.25, 0.3) is 11.8 Å². The average molecular weight is 412 g/mol. The molecule has 2 aliphatic rings. The summed E-state index contributed by atoms with van der Waals surface area (Å²) < 4.78 is 0. The molecule has 0 bridgehead atoms. The molecule has 0 aliphatic carbocycles. The first-order chi connectivity index (χ1) is 15.0. The molecule has 7 heteroatoms. The SMILES string of the molecule is Cc1cc2[nH]c(=O)[nH]c2cc1N1C(=O)c2cccc3c(N4CCCC4)ccc(c23)C1=O. The van der Waals surface area contributed by atoms with Crippen molar-refractivity contribution in [2.24, 2.45) is 0 Å². The molecule has 31 heavy (non-hydrogen) atoms. The molecule has 2 amide bonds. The molecule has 0 unspecified atom stereocenters. The molecule has 2 N–H and O–H groups in total. The zero-order valence-electron chi connectivity index (χ0n) is 17.0. The number of H-pyrrole nitrogens is 2. The fraction of sp³-hybridized carbons (Fsp3) is 0.208. The Labute approximate surface area is 177 Å². The number of benzene rings is 3. The lowest BCUT2D eigenvalue weighted by molar-refractivity contribution is 0.0893. The van der Waals surface area contributed by atoms with Gasteiger partial charge < -0.3 is 14.9 Å². The highest BCUT2D eigenvalue weighted by molar-refractivity contribution is 6.36. The van der Waals surface area contributed by atoms with E-state index in [0.29, 0.717) is 27.8 Å². The van der Waals surface area contributed by atoms with Crippen molar-refractivity contribution in [3.8, 4) is 0 Å². The zero-order valence-corrected chi connectivity index (χ0v) is 17.0. The van der Waals surface area contributed by atoms with Crippen molar-refractivity contribution in [3.63, 3.8) is 0 Å². The minimum absolute atomic E-state index is 0.326. The molecule has 2 aliphatic heterocycles. The number of rotatable bonds is 2. The topological polar surface area (TPSA) is 89.3 Å². The molecule has 1 saturated heterocycles. The quantitative estimate of drug-likeness (QED) is 0.491. The summed E-state index contributed by atoms with van der Waals surface area (Å²) in [7, 11) is 0. The summed E-state index contributed by atoms with van der Waals surface area (Å²) in [6.07, 6.45) is 2.30. The number of aromatic amines is 2. The Kier molecular flexibility index (Phi) is 3.65. The molecule has 7 nitrogen and oxygen atoms in total. The van der Waals surface area contributed by atoms with Gasteiger partial charge in [0.05, 0.1) is 16.7 Å². The van der Waals surface area contributed by atoms with E-state index in [-0.39, 0.29) is 17.5 Å². The van der Waals surface area contributed by atoms with Crippen molar-refractivity contribution >= 4 is 45.0 Å². The molecule has 0 radical (unpaired) electrons. The molecular weight excluding hydrogens is 392 g/mol. The molecule has 6 rings (SSSR count). The Balaban J connectivity index is 1.56. The first-order valence-electron chi connectivity index (χ1n) is 10.4. The van der Waals surface area contributed by atoms with E-state index in [2.05, 4.69) is 14.9 Å². The number of imidazole rings is 1. The number of fused-ring (bicyclic) bond motifs is 1. The number of carbonyl (C=O) groups excluding carboxylic acids is 2. The van der Waals surface area contributed by atoms with Crippen LogP contribution in [0.15, 0.2) is 47.3 Å². The van der Waals surface area contributed by atoms with Crippen LogP contribution in [0.3, 0.4) is 0 Å². The lowest BCUT2D eigenvalue weighted by Crippen LogP contribution is -2.41. The Hall–Kier alpha value is -3.87. The van der Waals surface area contributed by atoms with Crippen LogP contribution in [0.1, 0.15) is 39.1 Å². The van der Waals surface area contributed by atoms with Crippen LogP contribution in [0, 0.1) is 6.92 Å². The van der Waals surface area contributed by atoms with Crippen LogP contribution in [0.5, 0.6) is 0 Å². The largest absolute Gasteiger partial charge is 0.371 e. The van der Waals surface area contributed by atoms with Crippen LogP contribution >= 0.6 is 0 Å². The van der Waals surface area contributed by atoms with Crippen LogP contribution in [0.2, 0.25) is 0 Å². The molecular formula is C24H20N4O3. The van der Waals surface area contributed by atoms with Crippen molar-refractivity contribution in [1.82, 2.24) is 9.97 Å². The molecule has 3 aromatic carbocycles. The predicted molar refractivity (Wildman–Crippen MR) is 120 cm³/mol. The number of carbonyl (C=O) groups is 2. The maximum Gasteiger partial charge on any atom is 0.323 e. The van der Waals surface area contributed by atoms with E-state index in [4.69, 9.17) is 0 Å². The first kappa shape index (κ1) is 17.9. The fourth-order valence-electron chi connectivity index (χ4n) is 4.95. The average Bonchev–Trinajstić information content (AvgIpc) is 3.41. The zero-order chi connectivity index (χ0) is 21.3. The molecule has 0 atom stereocenters. The Morgan fingerprint density at radius 1 is 0.806 bits per heavy atom. The minimum Gasteiger partial charge on any atom is -0.371 e. The van der Waals surface area contributed by atoms with Gasteiger partial charge in [-0.25, -0.2) is 9.69 Å². The first-order valence-corrected chi connectivity index (χ1v) is 10.4. The maximum atomic E-state index is 13.6. The third kappa shape index (κ3) is 2.49. The van der Waals surface area contributed by atoms with Gasteiger partial charge in [0.1, 0.15) is 0 Å². The van der Waals surface area contributed by atoms with Gasteiger partial charge in [-0.2, -0.15) is 0 Å². The van der Waals surface area contributed by atoms with Crippen molar-refractivity contribution in [3.05, 3.63) is 69.6 Å². The summed E-state index contributed by atoms with van der Waals surface area (Å²) in [6, 6.07) is 13.0. The van der Waals surface area contributed by atoms with Crippen molar-refractivity contribution in [2.75, 3.05) is 22.9 Å². The van der Waals surface area contributed by atoms with Gasteiger partial charge in [0, 0.05) is 40.7 Å². The summed E-state index contributed by atoms with van der Waals surface area (Å²) in [5, 5.41) is 1.67. The van der Waals surface area contributed by atoms with Gasteiger partial charge in [0.2, 0.25) is 0 Å². The summed E-state index contributed by atoms with van der Waals surface area (Å²) in [4.78, 5) is 47.8. The second kappa shape index (κ2) is 6.31. The van der Waals surface area contributed by atoms with Crippen molar-refractivity contribution < 1.29 is 9.59 Å². The number of amides is 2. The van der Waals surface area contributed by atoms with Gasteiger partial charge in [-0.3, -0.25) is 9.59 Å². The van der Waals surface area contributed by atoms with Crippen LogP contribution in [-0.2, 0) is 0 Å². The second-order valence-corrected chi connectivity index (χ2v) is 8.26. The van der Waals surface area contributed by atoms with Crippen molar-refractivity contribution in [1.29, 1.82) is 0 Å². The van der Waals surface area contributed by atoms with Gasteiger partial charge in [0.15, 0.2) is 0 Å². The molecule has 0 spiro atoms. The molecule has 1 fully saturated rings. The third-order valence-corrected chi connectivity index (χ3v) is 6.40. The van der Waals surface area contributed by atoms with E-state index in [1.807, 2.05) is 31.2 Å². The molecule has 0 saturated carbocycles. The normalized spacial score (nSPS) is 16.2. The Morgan fingerprint density at radius 2 is 1.48 bits per heavy atom. The van der Waals surface area contributed by atoms with Gasteiger partial charge in [-0.05, 0) is 55.7 Å².